The number of thiocarbonyl (C=S) groups is 1. The Hall–Kier alpha value is -3.09. The summed E-state index contributed by atoms with van der Waals surface area (Å²) < 4.78 is 12.1. The van der Waals surface area contributed by atoms with Crippen molar-refractivity contribution in [3.63, 3.8) is 0 Å². The van der Waals surface area contributed by atoms with E-state index in [0.717, 1.165) is 16.5 Å². The number of ether oxygens (including phenoxy) is 2. The minimum atomic E-state index is -0.127. The molecule has 0 spiro atoms. The first-order valence-electron chi connectivity index (χ1n) is 9.74. The van der Waals surface area contributed by atoms with E-state index in [1.54, 1.807) is 13.2 Å². The molecule has 1 fully saturated rings. The average molecular weight is 448 g/mol. The zero-order valence-corrected chi connectivity index (χ0v) is 18.7. The number of amides is 1. The molecule has 0 saturated carbocycles. The first-order valence-corrected chi connectivity index (χ1v) is 11.0. The van der Waals surface area contributed by atoms with E-state index in [1.807, 2.05) is 42.5 Å². The van der Waals surface area contributed by atoms with Gasteiger partial charge < -0.3 is 9.47 Å². The highest BCUT2D eigenvalue weighted by molar-refractivity contribution is 8.26. The minimum Gasteiger partial charge on any atom is -0.497 e. The maximum Gasteiger partial charge on any atom is 0.266 e. The van der Waals surface area contributed by atoms with Gasteiger partial charge in [-0.25, -0.2) is 0 Å². The van der Waals surface area contributed by atoms with Gasteiger partial charge in [0, 0.05) is 12.1 Å². The van der Waals surface area contributed by atoms with Crippen molar-refractivity contribution >= 4 is 51.1 Å². The number of hydrogen-bond donors (Lipinski definition) is 0. The number of carbonyl (C=O) groups is 1. The van der Waals surface area contributed by atoms with E-state index in [1.165, 1.54) is 22.0 Å². The Morgan fingerprint density at radius 3 is 2.74 bits per heavy atom. The lowest BCUT2D eigenvalue weighted by Gasteiger charge is -2.13. The van der Waals surface area contributed by atoms with Crippen LogP contribution >= 0.6 is 24.0 Å². The lowest BCUT2D eigenvalue weighted by atomic mass is 10.1. The average Bonchev–Trinajstić information content (AvgIpc) is 3.05. The molecule has 0 aromatic heterocycles. The molecule has 1 heterocycles. The molecule has 0 unspecified atom stereocenters. The van der Waals surface area contributed by atoms with E-state index < -0.39 is 0 Å². The van der Waals surface area contributed by atoms with Gasteiger partial charge in [0.25, 0.3) is 5.91 Å². The molecular formula is C25H21NO3S2. The van der Waals surface area contributed by atoms with Crippen molar-refractivity contribution in [2.75, 3.05) is 13.7 Å². The second-order valence-corrected chi connectivity index (χ2v) is 8.59. The smallest absolute Gasteiger partial charge is 0.266 e. The zero-order valence-electron chi connectivity index (χ0n) is 17.0. The molecule has 0 radical (unpaired) electrons. The maximum atomic E-state index is 12.7. The van der Waals surface area contributed by atoms with Crippen molar-refractivity contribution in [3.05, 3.63) is 89.4 Å². The fraction of sp³-hybridized carbons (Fsp3) is 0.120. The number of benzene rings is 3. The van der Waals surface area contributed by atoms with Gasteiger partial charge in [0.15, 0.2) is 0 Å². The Morgan fingerprint density at radius 1 is 1.13 bits per heavy atom. The van der Waals surface area contributed by atoms with Gasteiger partial charge in [-0.05, 0) is 40.6 Å². The van der Waals surface area contributed by atoms with Crippen molar-refractivity contribution in [1.29, 1.82) is 0 Å². The number of thioether (sulfide) groups is 1. The number of hydrogen-bond acceptors (Lipinski definition) is 5. The first-order chi connectivity index (χ1) is 15.1. The number of fused-ring (bicyclic) bond motifs is 1. The highest BCUT2D eigenvalue weighted by Crippen LogP contribution is 2.35. The van der Waals surface area contributed by atoms with Crippen molar-refractivity contribution in [2.45, 2.75) is 6.61 Å². The van der Waals surface area contributed by atoms with Crippen LogP contribution in [0.15, 0.2) is 78.2 Å². The Morgan fingerprint density at radius 2 is 1.94 bits per heavy atom. The molecule has 1 saturated heterocycles. The summed E-state index contributed by atoms with van der Waals surface area (Å²) in [6, 6.07) is 20.0. The molecule has 6 heteroatoms. The van der Waals surface area contributed by atoms with E-state index in [0.29, 0.717) is 33.9 Å². The van der Waals surface area contributed by atoms with Crippen molar-refractivity contribution < 1.29 is 14.3 Å². The van der Waals surface area contributed by atoms with Crippen LogP contribution in [0.5, 0.6) is 11.5 Å². The van der Waals surface area contributed by atoms with Crippen molar-refractivity contribution in [1.82, 2.24) is 4.90 Å². The molecule has 1 aliphatic heterocycles. The van der Waals surface area contributed by atoms with Gasteiger partial charge >= 0.3 is 0 Å². The summed E-state index contributed by atoms with van der Waals surface area (Å²) in [6.45, 7) is 4.50. The van der Waals surface area contributed by atoms with E-state index in [4.69, 9.17) is 21.7 Å². The molecule has 0 aliphatic carbocycles. The zero-order chi connectivity index (χ0) is 21.8. The molecule has 156 valence electrons. The summed E-state index contributed by atoms with van der Waals surface area (Å²) in [5.41, 5.74) is 1.86. The fourth-order valence-electron chi connectivity index (χ4n) is 3.40. The number of carbonyl (C=O) groups excluding carboxylic acids is 1. The molecule has 4 nitrogen and oxygen atoms in total. The number of nitrogens with zero attached hydrogens (tertiary/aromatic N) is 1. The SMILES string of the molecule is C=CCN1C(=O)C(=Cc2cc(OC)ccc2OCc2cccc3ccccc23)SC1=S. The lowest BCUT2D eigenvalue weighted by Crippen LogP contribution is -2.27. The fourth-order valence-corrected chi connectivity index (χ4v) is 4.67. The Labute approximate surface area is 191 Å². The highest BCUT2D eigenvalue weighted by Gasteiger charge is 2.31. The van der Waals surface area contributed by atoms with Gasteiger partial charge in [-0.15, -0.1) is 6.58 Å². The van der Waals surface area contributed by atoms with Crippen LogP contribution in [-0.2, 0) is 11.4 Å². The molecule has 1 aliphatic rings. The predicted octanol–water partition coefficient (Wildman–Crippen LogP) is 5.81. The summed E-state index contributed by atoms with van der Waals surface area (Å²) in [5, 5.41) is 2.33. The molecule has 3 aromatic carbocycles. The van der Waals surface area contributed by atoms with Gasteiger partial charge in [0.05, 0.1) is 12.0 Å². The molecule has 0 atom stereocenters. The van der Waals surface area contributed by atoms with Crippen LogP contribution in [0.4, 0.5) is 0 Å². The van der Waals surface area contributed by atoms with Crippen molar-refractivity contribution in [2.24, 2.45) is 0 Å². The topological polar surface area (TPSA) is 38.8 Å². The normalized spacial score (nSPS) is 15.0. The second kappa shape index (κ2) is 9.37. The number of methoxy groups -OCH3 is 1. The molecule has 4 rings (SSSR count). The Balaban J connectivity index is 1.64. The van der Waals surface area contributed by atoms with E-state index in [2.05, 4.69) is 30.8 Å². The van der Waals surface area contributed by atoms with E-state index in [9.17, 15) is 4.79 Å². The van der Waals surface area contributed by atoms with E-state index >= 15 is 0 Å². The molecule has 3 aromatic rings. The van der Waals surface area contributed by atoms with Gasteiger partial charge in [0.1, 0.15) is 22.4 Å². The highest BCUT2D eigenvalue weighted by atomic mass is 32.2. The molecule has 1 amide bonds. The van der Waals surface area contributed by atoms with Crippen LogP contribution in [0.3, 0.4) is 0 Å². The summed E-state index contributed by atoms with van der Waals surface area (Å²) in [5.74, 6) is 1.23. The first kappa shape index (κ1) is 21.2. The summed E-state index contributed by atoms with van der Waals surface area (Å²) >= 11 is 6.62. The van der Waals surface area contributed by atoms with E-state index in [-0.39, 0.29) is 5.91 Å². The van der Waals surface area contributed by atoms with Crippen LogP contribution in [0.1, 0.15) is 11.1 Å². The standard InChI is InChI=1S/C25H21NO3S2/c1-3-13-26-24(27)23(31-25(26)30)15-19-14-20(28-2)11-12-22(19)29-16-18-9-6-8-17-7-4-5-10-21(17)18/h3-12,14-15H,1,13,16H2,2H3. The summed E-state index contributed by atoms with van der Waals surface area (Å²) in [6.07, 6.45) is 3.47. The van der Waals surface area contributed by atoms with Gasteiger partial charge in [-0.3, -0.25) is 9.69 Å². The number of rotatable bonds is 7. The lowest BCUT2D eigenvalue weighted by molar-refractivity contribution is -0.121. The Kier molecular flexibility index (Phi) is 6.39. The van der Waals surface area contributed by atoms with Gasteiger partial charge in [0.2, 0.25) is 0 Å². The largest absolute Gasteiger partial charge is 0.497 e. The van der Waals surface area contributed by atoms with Crippen LogP contribution in [-0.4, -0.2) is 28.8 Å². The van der Waals surface area contributed by atoms with Crippen LogP contribution < -0.4 is 9.47 Å². The quantitative estimate of drug-likeness (QED) is 0.259. The van der Waals surface area contributed by atoms with Crippen molar-refractivity contribution in [3.8, 4) is 11.5 Å². The van der Waals surface area contributed by atoms with Gasteiger partial charge in [-0.2, -0.15) is 0 Å². The summed E-state index contributed by atoms with van der Waals surface area (Å²) in [4.78, 5) is 14.8. The van der Waals surface area contributed by atoms with Crippen LogP contribution in [0.2, 0.25) is 0 Å². The second-order valence-electron chi connectivity index (χ2n) is 6.91. The maximum absolute atomic E-state index is 12.7. The molecule has 0 bridgehead atoms. The third-order valence-corrected chi connectivity index (χ3v) is 6.33. The van der Waals surface area contributed by atoms with Crippen LogP contribution in [0.25, 0.3) is 16.8 Å². The predicted molar refractivity (Wildman–Crippen MR) is 131 cm³/mol. The summed E-state index contributed by atoms with van der Waals surface area (Å²) in [7, 11) is 1.61. The minimum absolute atomic E-state index is 0.127. The van der Waals surface area contributed by atoms with Crippen LogP contribution in [0, 0.1) is 0 Å². The third kappa shape index (κ3) is 4.50. The monoisotopic (exact) mass is 447 g/mol. The van der Waals surface area contributed by atoms with Gasteiger partial charge in [-0.1, -0.05) is 72.5 Å². The Bertz CT molecular complexity index is 1200. The molecule has 31 heavy (non-hydrogen) atoms. The molecular weight excluding hydrogens is 426 g/mol. The third-order valence-electron chi connectivity index (χ3n) is 4.95. The molecule has 0 N–H and O–H groups in total.